The monoisotopic (exact) mass is 282 g/mol. The molecule has 2 rings (SSSR count). The van der Waals surface area contributed by atoms with Gasteiger partial charge in [-0.2, -0.15) is 0 Å². The molecule has 0 amide bonds. The number of benzene rings is 2. The van der Waals surface area contributed by atoms with Gasteiger partial charge >= 0.3 is 7.12 Å². The minimum atomic E-state index is -1.94. The van der Waals surface area contributed by atoms with E-state index in [1.54, 1.807) is 0 Å². The van der Waals surface area contributed by atoms with Crippen LogP contribution in [0.25, 0.3) is 0 Å². The fourth-order valence-electron chi connectivity index (χ4n) is 1.63. The summed E-state index contributed by atoms with van der Waals surface area (Å²) in [4.78, 5) is 0. The van der Waals surface area contributed by atoms with Crippen molar-refractivity contribution < 1.29 is 28.0 Å². The SMILES string of the molecule is OB(O)c1ccc(OCc2c(F)cccc2F)cc1F. The van der Waals surface area contributed by atoms with Crippen molar-refractivity contribution in [3.63, 3.8) is 0 Å². The molecule has 0 bridgehead atoms. The second-order valence-corrected chi connectivity index (χ2v) is 4.05. The first-order valence-corrected chi connectivity index (χ1v) is 5.70. The van der Waals surface area contributed by atoms with E-state index in [2.05, 4.69) is 0 Å². The van der Waals surface area contributed by atoms with E-state index in [0.717, 1.165) is 24.3 Å². The van der Waals surface area contributed by atoms with Crippen LogP contribution in [0.5, 0.6) is 5.75 Å². The van der Waals surface area contributed by atoms with Crippen molar-refractivity contribution in [2.24, 2.45) is 0 Å². The molecule has 0 saturated heterocycles. The first-order valence-electron chi connectivity index (χ1n) is 5.70. The Morgan fingerprint density at radius 1 is 0.950 bits per heavy atom. The van der Waals surface area contributed by atoms with Crippen LogP contribution in [0.1, 0.15) is 5.56 Å². The number of ether oxygens (including phenoxy) is 1. The molecule has 0 aliphatic heterocycles. The van der Waals surface area contributed by atoms with Crippen molar-refractivity contribution in [1.29, 1.82) is 0 Å². The third-order valence-electron chi connectivity index (χ3n) is 2.69. The highest BCUT2D eigenvalue weighted by atomic mass is 19.1. The Hall–Kier alpha value is -1.99. The first-order chi connectivity index (χ1) is 9.49. The largest absolute Gasteiger partial charge is 0.491 e. The van der Waals surface area contributed by atoms with Gasteiger partial charge in [-0.05, 0) is 18.2 Å². The summed E-state index contributed by atoms with van der Waals surface area (Å²) >= 11 is 0. The molecule has 0 aliphatic rings. The van der Waals surface area contributed by atoms with Gasteiger partial charge in [-0.3, -0.25) is 0 Å². The van der Waals surface area contributed by atoms with Crippen LogP contribution in [0.15, 0.2) is 36.4 Å². The summed E-state index contributed by atoms with van der Waals surface area (Å²) in [6.07, 6.45) is 0. The smallest absolute Gasteiger partial charge is 0.489 e. The van der Waals surface area contributed by atoms with Crippen molar-refractivity contribution in [3.8, 4) is 5.75 Å². The molecule has 0 aromatic heterocycles. The van der Waals surface area contributed by atoms with Crippen molar-refractivity contribution >= 4 is 12.6 Å². The Balaban J connectivity index is 2.14. The predicted molar refractivity (Wildman–Crippen MR) is 66.9 cm³/mol. The fraction of sp³-hybridized carbons (Fsp3) is 0.0769. The van der Waals surface area contributed by atoms with Crippen molar-refractivity contribution in [3.05, 3.63) is 59.4 Å². The Morgan fingerprint density at radius 3 is 2.15 bits per heavy atom. The maximum absolute atomic E-state index is 13.4. The van der Waals surface area contributed by atoms with Gasteiger partial charge in [0, 0.05) is 11.5 Å². The van der Waals surface area contributed by atoms with Gasteiger partial charge in [-0.1, -0.05) is 12.1 Å². The van der Waals surface area contributed by atoms with Crippen LogP contribution >= 0.6 is 0 Å². The lowest BCUT2D eigenvalue weighted by atomic mass is 9.80. The molecule has 0 unspecified atom stereocenters. The minimum absolute atomic E-state index is 0.0227. The molecule has 2 aromatic rings. The molecule has 7 heteroatoms. The molecule has 2 N–H and O–H groups in total. The van der Waals surface area contributed by atoms with Crippen LogP contribution in [-0.4, -0.2) is 17.2 Å². The average Bonchev–Trinajstić information content (AvgIpc) is 2.37. The Morgan fingerprint density at radius 2 is 1.60 bits per heavy atom. The Kier molecular flexibility index (Phi) is 4.31. The lowest BCUT2D eigenvalue weighted by Crippen LogP contribution is -2.32. The third-order valence-corrected chi connectivity index (χ3v) is 2.69. The van der Waals surface area contributed by atoms with Crippen molar-refractivity contribution in [2.45, 2.75) is 6.61 Å². The van der Waals surface area contributed by atoms with Crippen LogP contribution in [0.4, 0.5) is 13.2 Å². The zero-order chi connectivity index (χ0) is 14.7. The van der Waals surface area contributed by atoms with E-state index in [1.807, 2.05) is 0 Å². The molecule has 0 heterocycles. The van der Waals surface area contributed by atoms with Crippen LogP contribution in [0.2, 0.25) is 0 Å². The average molecular weight is 282 g/mol. The molecule has 0 spiro atoms. The normalized spacial score (nSPS) is 10.4. The topological polar surface area (TPSA) is 49.7 Å². The first kappa shape index (κ1) is 14.4. The van der Waals surface area contributed by atoms with Gasteiger partial charge in [-0.25, -0.2) is 13.2 Å². The second kappa shape index (κ2) is 5.98. The van der Waals surface area contributed by atoms with E-state index in [0.29, 0.717) is 0 Å². The minimum Gasteiger partial charge on any atom is -0.489 e. The van der Waals surface area contributed by atoms with E-state index in [4.69, 9.17) is 14.8 Å². The van der Waals surface area contributed by atoms with Crippen LogP contribution in [0.3, 0.4) is 0 Å². The maximum Gasteiger partial charge on any atom is 0.491 e. The Bertz CT molecular complexity index is 600. The summed E-state index contributed by atoms with van der Waals surface area (Å²) in [5.74, 6) is -2.37. The van der Waals surface area contributed by atoms with Gasteiger partial charge in [0.05, 0.1) is 5.56 Å². The predicted octanol–water partition coefficient (Wildman–Crippen LogP) is 1.36. The molecule has 0 radical (unpaired) electrons. The standard InChI is InChI=1S/C13H10BF3O3/c15-11-2-1-3-12(16)9(11)7-20-8-4-5-10(14(18)19)13(17)6-8/h1-6,18-19H,7H2. The second-order valence-electron chi connectivity index (χ2n) is 4.05. The number of rotatable bonds is 4. The molecule has 0 aliphatic carbocycles. The molecular weight excluding hydrogens is 272 g/mol. The van der Waals surface area contributed by atoms with Crippen LogP contribution < -0.4 is 10.2 Å². The zero-order valence-corrected chi connectivity index (χ0v) is 10.2. The molecule has 3 nitrogen and oxygen atoms in total. The van der Waals surface area contributed by atoms with E-state index in [-0.39, 0.29) is 16.8 Å². The molecule has 2 aromatic carbocycles. The van der Waals surface area contributed by atoms with E-state index >= 15 is 0 Å². The highest BCUT2D eigenvalue weighted by molar-refractivity contribution is 6.58. The highest BCUT2D eigenvalue weighted by Crippen LogP contribution is 2.17. The number of hydrogen-bond donors (Lipinski definition) is 2. The van der Waals surface area contributed by atoms with E-state index < -0.39 is 31.2 Å². The highest BCUT2D eigenvalue weighted by Gasteiger charge is 2.17. The van der Waals surface area contributed by atoms with E-state index in [1.165, 1.54) is 12.1 Å². The summed E-state index contributed by atoms with van der Waals surface area (Å²) in [6, 6.07) is 6.71. The van der Waals surface area contributed by atoms with Gasteiger partial charge in [0.2, 0.25) is 0 Å². The molecule has 0 atom stereocenters. The lowest BCUT2D eigenvalue weighted by Gasteiger charge is -2.09. The zero-order valence-electron chi connectivity index (χ0n) is 10.2. The maximum atomic E-state index is 13.4. The quantitative estimate of drug-likeness (QED) is 0.832. The molecular formula is C13H10BF3O3. The molecule has 0 saturated carbocycles. The lowest BCUT2D eigenvalue weighted by molar-refractivity contribution is 0.291. The van der Waals surface area contributed by atoms with Gasteiger partial charge in [0.25, 0.3) is 0 Å². The Labute approximate surface area is 113 Å². The summed E-state index contributed by atoms with van der Waals surface area (Å²) in [5.41, 5.74) is -0.575. The number of halogens is 3. The summed E-state index contributed by atoms with van der Waals surface area (Å²) < 4.78 is 45.2. The van der Waals surface area contributed by atoms with Gasteiger partial charge in [0.1, 0.15) is 29.8 Å². The molecule has 20 heavy (non-hydrogen) atoms. The number of hydrogen-bond acceptors (Lipinski definition) is 3. The molecule has 104 valence electrons. The van der Waals surface area contributed by atoms with Crippen molar-refractivity contribution in [1.82, 2.24) is 0 Å². The van der Waals surface area contributed by atoms with Gasteiger partial charge in [-0.15, -0.1) is 0 Å². The van der Waals surface area contributed by atoms with Gasteiger partial charge in [0.15, 0.2) is 0 Å². The fourth-order valence-corrected chi connectivity index (χ4v) is 1.63. The third kappa shape index (κ3) is 3.12. The van der Waals surface area contributed by atoms with Crippen LogP contribution in [-0.2, 0) is 6.61 Å². The summed E-state index contributed by atoms with van der Waals surface area (Å²) in [7, 11) is -1.94. The van der Waals surface area contributed by atoms with Crippen molar-refractivity contribution in [2.75, 3.05) is 0 Å². The molecule has 0 fully saturated rings. The van der Waals surface area contributed by atoms with E-state index in [9.17, 15) is 13.2 Å². The summed E-state index contributed by atoms with van der Waals surface area (Å²) in [6.45, 7) is -0.404. The van der Waals surface area contributed by atoms with Crippen LogP contribution in [0, 0.1) is 17.5 Å². The van der Waals surface area contributed by atoms with Gasteiger partial charge < -0.3 is 14.8 Å². The summed E-state index contributed by atoms with van der Waals surface area (Å²) in [5, 5.41) is 17.7.